The van der Waals surface area contributed by atoms with Gasteiger partial charge in [-0.1, -0.05) is 22.0 Å². The van der Waals surface area contributed by atoms with Crippen molar-refractivity contribution in [1.82, 2.24) is 10.3 Å². The minimum absolute atomic E-state index is 0.246. The molecule has 1 unspecified atom stereocenters. The fraction of sp³-hybridized carbons (Fsp3) is 0.400. The first-order valence-corrected chi connectivity index (χ1v) is 8.25. The number of aromatic nitrogens is 1. The second-order valence-electron chi connectivity index (χ2n) is 4.74. The zero-order valence-electron chi connectivity index (χ0n) is 12.2. The zero-order valence-corrected chi connectivity index (χ0v) is 14.6. The van der Waals surface area contributed by atoms with Crippen molar-refractivity contribution in [2.45, 2.75) is 19.9 Å². The summed E-state index contributed by atoms with van der Waals surface area (Å²) in [6, 6.07) is 4.85. The van der Waals surface area contributed by atoms with E-state index in [9.17, 15) is 4.39 Å². The van der Waals surface area contributed by atoms with Crippen LogP contribution in [-0.2, 0) is 4.74 Å². The average molecular weight is 373 g/mol. The standard InChI is InChI=1S/C15H18BrFN2OS/c1-9-10(2)21-15(19-9)14(18-6-7-20-3)12-5-4-11(16)8-13(12)17/h4-5,8,14,18H,6-7H2,1-3H3. The number of hydrogen-bond acceptors (Lipinski definition) is 4. The Bertz CT molecular complexity index is 598. The van der Waals surface area contributed by atoms with Crippen molar-refractivity contribution in [2.75, 3.05) is 20.3 Å². The molecule has 2 rings (SSSR count). The van der Waals surface area contributed by atoms with E-state index in [4.69, 9.17) is 4.74 Å². The van der Waals surface area contributed by atoms with Crippen LogP contribution in [0.25, 0.3) is 0 Å². The highest BCUT2D eigenvalue weighted by Crippen LogP contribution is 2.30. The Morgan fingerprint density at radius 2 is 2.19 bits per heavy atom. The maximum Gasteiger partial charge on any atom is 0.129 e. The maximum atomic E-state index is 14.3. The van der Waals surface area contributed by atoms with Crippen LogP contribution in [0.1, 0.15) is 27.2 Å². The first-order valence-electron chi connectivity index (χ1n) is 6.64. The Morgan fingerprint density at radius 1 is 1.43 bits per heavy atom. The van der Waals surface area contributed by atoms with Crippen LogP contribution in [0, 0.1) is 19.7 Å². The molecule has 2 aromatic rings. The lowest BCUT2D eigenvalue weighted by molar-refractivity contribution is 0.197. The van der Waals surface area contributed by atoms with Gasteiger partial charge in [-0.25, -0.2) is 9.37 Å². The molecule has 0 aliphatic rings. The maximum absolute atomic E-state index is 14.3. The summed E-state index contributed by atoms with van der Waals surface area (Å²) in [5, 5.41) is 4.20. The minimum Gasteiger partial charge on any atom is -0.383 e. The molecule has 1 aromatic carbocycles. The lowest BCUT2D eigenvalue weighted by atomic mass is 10.1. The predicted octanol–water partition coefficient (Wildman–Crippen LogP) is 3.99. The molecular formula is C15H18BrFN2OS. The number of benzene rings is 1. The normalized spacial score (nSPS) is 12.6. The van der Waals surface area contributed by atoms with Gasteiger partial charge in [0.25, 0.3) is 0 Å². The van der Waals surface area contributed by atoms with Crippen molar-refractivity contribution in [3.05, 3.63) is 49.6 Å². The van der Waals surface area contributed by atoms with E-state index in [1.807, 2.05) is 19.9 Å². The van der Waals surface area contributed by atoms with Gasteiger partial charge in [0.05, 0.1) is 18.3 Å². The van der Waals surface area contributed by atoms with Gasteiger partial charge in [-0.05, 0) is 26.0 Å². The van der Waals surface area contributed by atoms with Crippen molar-refractivity contribution < 1.29 is 9.13 Å². The van der Waals surface area contributed by atoms with Gasteiger partial charge < -0.3 is 10.1 Å². The molecule has 0 saturated heterocycles. The molecular weight excluding hydrogens is 355 g/mol. The Morgan fingerprint density at radius 3 is 2.76 bits per heavy atom. The van der Waals surface area contributed by atoms with E-state index in [-0.39, 0.29) is 11.9 Å². The van der Waals surface area contributed by atoms with E-state index in [0.29, 0.717) is 18.7 Å². The molecule has 1 atom stereocenters. The Labute approximate surface area is 136 Å². The summed E-state index contributed by atoms with van der Waals surface area (Å²) < 4.78 is 20.1. The SMILES string of the molecule is COCCNC(c1nc(C)c(C)s1)c1ccc(Br)cc1F. The molecule has 21 heavy (non-hydrogen) atoms. The highest BCUT2D eigenvalue weighted by Gasteiger charge is 2.21. The van der Waals surface area contributed by atoms with E-state index in [2.05, 4.69) is 26.2 Å². The van der Waals surface area contributed by atoms with Gasteiger partial charge in [0.2, 0.25) is 0 Å². The fourth-order valence-corrected chi connectivity index (χ4v) is 3.34. The smallest absolute Gasteiger partial charge is 0.129 e. The Hall–Kier alpha value is -0.820. The number of ether oxygens (including phenoxy) is 1. The van der Waals surface area contributed by atoms with E-state index < -0.39 is 0 Å². The zero-order chi connectivity index (χ0) is 15.4. The number of aryl methyl sites for hydroxylation is 2. The van der Waals surface area contributed by atoms with Crippen LogP contribution < -0.4 is 5.32 Å². The molecule has 0 saturated carbocycles. The summed E-state index contributed by atoms with van der Waals surface area (Å²) in [4.78, 5) is 5.72. The van der Waals surface area contributed by atoms with E-state index in [0.717, 1.165) is 20.1 Å². The number of methoxy groups -OCH3 is 1. The van der Waals surface area contributed by atoms with Crippen molar-refractivity contribution in [2.24, 2.45) is 0 Å². The van der Waals surface area contributed by atoms with Crippen LogP contribution in [-0.4, -0.2) is 25.2 Å². The van der Waals surface area contributed by atoms with Crippen LogP contribution in [0.4, 0.5) is 4.39 Å². The molecule has 1 N–H and O–H groups in total. The van der Waals surface area contributed by atoms with Crippen LogP contribution in [0.15, 0.2) is 22.7 Å². The van der Waals surface area contributed by atoms with Gasteiger partial charge in [-0.2, -0.15) is 0 Å². The predicted molar refractivity (Wildman–Crippen MR) is 87.4 cm³/mol. The molecule has 0 aliphatic heterocycles. The van der Waals surface area contributed by atoms with Crippen LogP contribution in [0.5, 0.6) is 0 Å². The van der Waals surface area contributed by atoms with Gasteiger partial charge in [0.15, 0.2) is 0 Å². The third-order valence-corrected chi connectivity index (χ3v) is 4.85. The van der Waals surface area contributed by atoms with E-state index in [1.54, 1.807) is 24.5 Å². The number of nitrogens with one attached hydrogen (secondary N) is 1. The third kappa shape index (κ3) is 4.10. The number of thiazole rings is 1. The van der Waals surface area contributed by atoms with Crippen molar-refractivity contribution >= 4 is 27.3 Å². The van der Waals surface area contributed by atoms with Crippen molar-refractivity contribution in [1.29, 1.82) is 0 Å². The first-order chi connectivity index (χ1) is 10.0. The monoisotopic (exact) mass is 372 g/mol. The lowest BCUT2D eigenvalue weighted by Crippen LogP contribution is -2.26. The molecule has 3 nitrogen and oxygen atoms in total. The van der Waals surface area contributed by atoms with Crippen LogP contribution >= 0.6 is 27.3 Å². The molecule has 0 fully saturated rings. The minimum atomic E-state index is -0.259. The quantitative estimate of drug-likeness (QED) is 0.778. The van der Waals surface area contributed by atoms with Crippen molar-refractivity contribution in [3.63, 3.8) is 0 Å². The number of halogens is 2. The largest absolute Gasteiger partial charge is 0.383 e. The third-order valence-electron chi connectivity index (χ3n) is 3.22. The molecule has 6 heteroatoms. The van der Waals surface area contributed by atoms with Gasteiger partial charge in [0.1, 0.15) is 10.8 Å². The molecule has 1 aromatic heterocycles. The van der Waals surface area contributed by atoms with E-state index >= 15 is 0 Å². The van der Waals surface area contributed by atoms with Crippen LogP contribution in [0.2, 0.25) is 0 Å². The molecule has 0 amide bonds. The van der Waals surface area contributed by atoms with Gasteiger partial charge in [-0.3, -0.25) is 0 Å². The number of rotatable bonds is 6. The topological polar surface area (TPSA) is 34.1 Å². The highest BCUT2D eigenvalue weighted by atomic mass is 79.9. The Kier molecular flexibility index (Phi) is 5.87. The van der Waals surface area contributed by atoms with Gasteiger partial charge in [0, 0.05) is 28.6 Å². The summed E-state index contributed by atoms with van der Waals surface area (Å²) in [5.74, 6) is -0.246. The number of hydrogen-bond donors (Lipinski definition) is 1. The first kappa shape index (κ1) is 16.5. The number of nitrogens with zero attached hydrogens (tertiary/aromatic N) is 1. The molecule has 0 spiro atoms. The average Bonchev–Trinajstić information content (AvgIpc) is 2.76. The molecule has 0 bridgehead atoms. The summed E-state index contributed by atoms with van der Waals surface area (Å²) in [6.07, 6.45) is 0. The van der Waals surface area contributed by atoms with Crippen molar-refractivity contribution in [3.8, 4) is 0 Å². The summed E-state index contributed by atoms with van der Waals surface area (Å²) in [7, 11) is 1.65. The summed E-state index contributed by atoms with van der Waals surface area (Å²) >= 11 is 4.88. The molecule has 114 valence electrons. The lowest BCUT2D eigenvalue weighted by Gasteiger charge is -2.17. The summed E-state index contributed by atoms with van der Waals surface area (Å²) in [5.41, 5.74) is 1.59. The molecule has 1 heterocycles. The highest BCUT2D eigenvalue weighted by molar-refractivity contribution is 9.10. The van der Waals surface area contributed by atoms with E-state index in [1.165, 1.54) is 6.07 Å². The molecule has 0 aliphatic carbocycles. The second kappa shape index (κ2) is 7.45. The van der Waals surface area contributed by atoms with Crippen LogP contribution in [0.3, 0.4) is 0 Å². The Balaban J connectivity index is 2.35. The van der Waals surface area contributed by atoms with Gasteiger partial charge >= 0.3 is 0 Å². The molecule has 0 radical (unpaired) electrons. The second-order valence-corrected chi connectivity index (χ2v) is 6.89. The van der Waals surface area contributed by atoms with Gasteiger partial charge in [-0.15, -0.1) is 11.3 Å². The fourth-order valence-electron chi connectivity index (χ4n) is 1.99. The summed E-state index contributed by atoms with van der Waals surface area (Å²) in [6.45, 7) is 5.20.